The maximum atomic E-state index is 12.2. The Morgan fingerprint density at radius 2 is 1.83 bits per heavy atom. The number of methoxy groups -OCH3 is 1. The van der Waals surface area contributed by atoms with Gasteiger partial charge in [-0.05, 0) is 25.5 Å². The number of carbonyl (C=O) groups is 2. The lowest BCUT2D eigenvalue weighted by Gasteiger charge is -2.29. The molecule has 2 rings (SSSR count). The number of dihydropyridines is 1. The number of benzene rings is 1. The molecule has 0 spiro atoms. The second kappa shape index (κ2) is 6.36. The summed E-state index contributed by atoms with van der Waals surface area (Å²) in [5, 5.41) is 21.8. The predicted molar refractivity (Wildman–Crippen MR) is 82.1 cm³/mol. The average Bonchev–Trinajstić information content (AvgIpc) is 2.52. The zero-order chi connectivity index (χ0) is 17.1. The van der Waals surface area contributed by atoms with Crippen LogP contribution < -0.4 is 5.32 Å². The number of hydrogen-bond donors (Lipinski definition) is 2. The number of carbonyl (C=O) groups excluding carboxylic acids is 1. The van der Waals surface area contributed by atoms with Crippen molar-refractivity contribution in [2.45, 2.75) is 19.8 Å². The first-order valence-corrected chi connectivity index (χ1v) is 6.91. The van der Waals surface area contributed by atoms with Crippen LogP contribution in [0.2, 0.25) is 0 Å². The minimum atomic E-state index is -1.15. The van der Waals surface area contributed by atoms with Gasteiger partial charge in [0.2, 0.25) is 0 Å². The van der Waals surface area contributed by atoms with Gasteiger partial charge in [0.15, 0.2) is 0 Å². The molecule has 6 heteroatoms. The second-order valence-electron chi connectivity index (χ2n) is 5.13. The Bertz CT molecular complexity index is 784. The number of carboxylic acid groups (broad SMARTS) is 1. The summed E-state index contributed by atoms with van der Waals surface area (Å²) in [6, 6.07) is 8.69. The summed E-state index contributed by atoms with van der Waals surface area (Å²) in [6.07, 6.45) is 0. The van der Waals surface area contributed by atoms with Crippen LogP contribution in [0.4, 0.5) is 0 Å². The highest BCUT2D eigenvalue weighted by Crippen LogP contribution is 2.39. The molecule has 1 unspecified atom stereocenters. The summed E-state index contributed by atoms with van der Waals surface area (Å²) >= 11 is 0. The fourth-order valence-corrected chi connectivity index (χ4v) is 2.82. The van der Waals surface area contributed by atoms with Gasteiger partial charge in [-0.2, -0.15) is 5.26 Å². The first-order valence-electron chi connectivity index (χ1n) is 6.91. The standard InChI is InChI=1S/C17H16N2O4/c1-9-13(16(20)21)15(12-7-5-4-6-11(12)8-18)14(10(2)19-9)17(22)23-3/h4-7,15,19H,1-3H3,(H,20,21). The van der Waals surface area contributed by atoms with Crippen molar-refractivity contribution in [1.29, 1.82) is 5.26 Å². The van der Waals surface area contributed by atoms with E-state index < -0.39 is 17.9 Å². The van der Waals surface area contributed by atoms with Gasteiger partial charge < -0.3 is 15.2 Å². The van der Waals surface area contributed by atoms with E-state index in [1.165, 1.54) is 7.11 Å². The molecule has 1 aliphatic rings. The number of allylic oxidation sites excluding steroid dienone is 2. The molecule has 0 saturated heterocycles. The van der Waals surface area contributed by atoms with E-state index in [-0.39, 0.29) is 11.1 Å². The van der Waals surface area contributed by atoms with Crippen LogP contribution in [0.25, 0.3) is 0 Å². The number of hydrogen-bond acceptors (Lipinski definition) is 5. The molecule has 1 heterocycles. The van der Waals surface area contributed by atoms with Crippen LogP contribution in [0, 0.1) is 11.3 Å². The number of nitriles is 1. The normalized spacial score (nSPS) is 17.4. The number of aliphatic carboxylic acids is 1. The molecule has 1 atom stereocenters. The quantitative estimate of drug-likeness (QED) is 0.829. The first-order chi connectivity index (χ1) is 10.9. The molecule has 0 aliphatic carbocycles. The van der Waals surface area contributed by atoms with Gasteiger partial charge in [-0.3, -0.25) is 0 Å². The van der Waals surface area contributed by atoms with Gasteiger partial charge in [0, 0.05) is 11.4 Å². The Labute approximate surface area is 133 Å². The Hall–Kier alpha value is -3.07. The van der Waals surface area contributed by atoms with Gasteiger partial charge >= 0.3 is 11.9 Å². The number of carboxylic acids is 1. The van der Waals surface area contributed by atoms with Crippen molar-refractivity contribution in [2.75, 3.05) is 7.11 Å². The topological polar surface area (TPSA) is 99.4 Å². The molecule has 1 aromatic carbocycles. The van der Waals surface area contributed by atoms with Crippen molar-refractivity contribution in [3.05, 3.63) is 57.9 Å². The third kappa shape index (κ3) is 2.81. The summed E-state index contributed by atoms with van der Waals surface area (Å²) < 4.78 is 4.81. The van der Waals surface area contributed by atoms with Crippen molar-refractivity contribution in [1.82, 2.24) is 5.32 Å². The van der Waals surface area contributed by atoms with E-state index in [1.807, 2.05) is 6.07 Å². The lowest BCUT2D eigenvalue weighted by atomic mass is 9.79. The largest absolute Gasteiger partial charge is 0.478 e. The zero-order valence-corrected chi connectivity index (χ0v) is 13.0. The Morgan fingerprint density at radius 1 is 1.22 bits per heavy atom. The molecule has 118 valence electrons. The first kappa shape index (κ1) is 16.3. The number of nitrogens with zero attached hydrogens (tertiary/aromatic N) is 1. The number of ether oxygens (including phenoxy) is 1. The van der Waals surface area contributed by atoms with Gasteiger partial charge in [-0.25, -0.2) is 9.59 Å². The Morgan fingerprint density at radius 3 is 2.39 bits per heavy atom. The minimum absolute atomic E-state index is 0.0266. The Kier molecular flexibility index (Phi) is 4.51. The van der Waals surface area contributed by atoms with Crippen LogP contribution in [0.1, 0.15) is 30.9 Å². The van der Waals surface area contributed by atoms with Gasteiger partial charge in [-0.15, -0.1) is 0 Å². The molecule has 0 bridgehead atoms. The number of nitrogens with one attached hydrogen (secondary N) is 1. The van der Waals surface area contributed by atoms with Crippen molar-refractivity contribution in [2.24, 2.45) is 0 Å². The second-order valence-corrected chi connectivity index (χ2v) is 5.13. The van der Waals surface area contributed by atoms with E-state index in [9.17, 15) is 20.0 Å². The molecule has 1 aromatic rings. The third-order valence-electron chi connectivity index (χ3n) is 3.79. The van der Waals surface area contributed by atoms with E-state index in [0.29, 0.717) is 22.5 Å². The van der Waals surface area contributed by atoms with Crippen LogP contribution in [0.5, 0.6) is 0 Å². The fourth-order valence-electron chi connectivity index (χ4n) is 2.82. The maximum Gasteiger partial charge on any atom is 0.336 e. The molecular weight excluding hydrogens is 296 g/mol. The summed E-state index contributed by atoms with van der Waals surface area (Å²) in [5.74, 6) is -2.64. The van der Waals surface area contributed by atoms with Crippen molar-refractivity contribution in [3.63, 3.8) is 0 Å². The van der Waals surface area contributed by atoms with Gasteiger partial charge in [0.25, 0.3) is 0 Å². The molecular formula is C17H16N2O4. The van der Waals surface area contributed by atoms with Gasteiger partial charge in [-0.1, -0.05) is 18.2 Å². The van der Waals surface area contributed by atoms with E-state index in [4.69, 9.17) is 4.74 Å². The van der Waals surface area contributed by atoms with E-state index in [2.05, 4.69) is 5.32 Å². The zero-order valence-electron chi connectivity index (χ0n) is 13.0. The van der Waals surface area contributed by atoms with Crippen LogP contribution in [-0.2, 0) is 14.3 Å². The molecule has 23 heavy (non-hydrogen) atoms. The SMILES string of the molecule is COC(=O)C1=C(C)NC(C)=C(C(=O)O)C1c1ccccc1C#N. The van der Waals surface area contributed by atoms with E-state index >= 15 is 0 Å². The van der Waals surface area contributed by atoms with Crippen LogP contribution in [-0.4, -0.2) is 24.2 Å². The summed E-state index contributed by atoms with van der Waals surface area (Å²) in [7, 11) is 1.24. The monoisotopic (exact) mass is 312 g/mol. The van der Waals surface area contributed by atoms with E-state index in [1.54, 1.807) is 38.1 Å². The van der Waals surface area contributed by atoms with Crippen molar-refractivity contribution in [3.8, 4) is 6.07 Å². The molecule has 6 nitrogen and oxygen atoms in total. The number of rotatable bonds is 3. The van der Waals surface area contributed by atoms with Gasteiger partial charge in [0.05, 0.1) is 35.8 Å². The summed E-state index contributed by atoms with van der Waals surface area (Å²) in [4.78, 5) is 24.0. The maximum absolute atomic E-state index is 12.2. The average molecular weight is 312 g/mol. The summed E-state index contributed by atoms with van der Waals surface area (Å²) in [6.45, 7) is 3.30. The lowest BCUT2D eigenvalue weighted by Crippen LogP contribution is -2.31. The molecule has 0 saturated carbocycles. The molecule has 0 aromatic heterocycles. The summed E-state index contributed by atoms with van der Waals surface area (Å²) in [5.41, 5.74) is 1.95. The Balaban J connectivity index is 2.78. The predicted octanol–water partition coefficient (Wildman–Crippen LogP) is 2.05. The van der Waals surface area contributed by atoms with Gasteiger partial charge in [0.1, 0.15) is 0 Å². The smallest absolute Gasteiger partial charge is 0.336 e. The highest BCUT2D eigenvalue weighted by molar-refractivity contribution is 5.99. The highest BCUT2D eigenvalue weighted by Gasteiger charge is 2.37. The molecule has 0 fully saturated rings. The third-order valence-corrected chi connectivity index (χ3v) is 3.79. The fraction of sp³-hybridized carbons (Fsp3) is 0.235. The highest BCUT2D eigenvalue weighted by atomic mass is 16.5. The van der Waals surface area contributed by atoms with Crippen molar-refractivity contribution < 1.29 is 19.4 Å². The molecule has 0 radical (unpaired) electrons. The lowest BCUT2D eigenvalue weighted by molar-refractivity contribution is -0.136. The minimum Gasteiger partial charge on any atom is -0.478 e. The van der Waals surface area contributed by atoms with E-state index in [0.717, 1.165) is 0 Å². The van der Waals surface area contributed by atoms with Crippen LogP contribution >= 0.6 is 0 Å². The molecule has 1 aliphatic heterocycles. The van der Waals surface area contributed by atoms with Crippen LogP contribution in [0.15, 0.2) is 46.8 Å². The number of esters is 1. The van der Waals surface area contributed by atoms with Crippen molar-refractivity contribution >= 4 is 11.9 Å². The molecule has 2 N–H and O–H groups in total. The van der Waals surface area contributed by atoms with Crippen LogP contribution in [0.3, 0.4) is 0 Å². The molecule has 0 amide bonds.